The Balaban J connectivity index is 2.09. The van der Waals surface area contributed by atoms with Gasteiger partial charge in [0, 0.05) is 14.3 Å². The molecule has 0 aliphatic rings. The molecule has 3 rings (SSSR count). The first-order valence-electron chi connectivity index (χ1n) is 6.54. The molecule has 0 aliphatic heterocycles. The molecule has 0 radical (unpaired) electrons. The number of ether oxygens (including phenoxy) is 1. The highest BCUT2D eigenvalue weighted by Gasteiger charge is 2.15. The summed E-state index contributed by atoms with van der Waals surface area (Å²) < 4.78 is 21.6. The lowest BCUT2D eigenvalue weighted by atomic mass is 10.1. The van der Waals surface area contributed by atoms with Crippen LogP contribution in [0, 0.1) is 5.82 Å². The topological polar surface area (TPSA) is 46.5 Å². The number of benzene rings is 3. The molecule has 0 amide bonds. The van der Waals surface area contributed by atoms with Crippen LogP contribution < -0.4 is 4.74 Å². The van der Waals surface area contributed by atoms with E-state index in [1.807, 2.05) is 0 Å². The maximum atomic E-state index is 14.6. The Bertz CT molecular complexity index is 925. The zero-order chi connectivity index (χ0) is 16.6. The number of hydrogen-bond acceptors (Lipinski definition) is 2. The predicted molar refractivity (Wildman–Crippen MR) is 92.8 cm³/mol. The molecule has 0 atom stereocenters. The van der Waals surface area contributed by atoms with Crippen molar-refractivity contribution in [2.45, 2.75) is 0 Å². The lowest BCUT2D eigenvalue weighted by Crippen LogP contribution is -2.00. The summed E-state index contributed by atoms with van der Waals surface area (Å²) in [6.07, 6.45) is 0. The van der Waals surface area contributed by atoms with Crippen LogP contribution in [-0.2, 0) is 0 Å². The molecule has 0 saturated heterocycles. The summed E-state index contributed by atoms with van der Waals surface area (Å²) in [4.78, 5) is 11.3. The van der Waals surface area contributed by atoms with Crippen molar-refractivity contribution in [2.75, 3.05) is 0 Å². The van der Waals surface area contributed by atoms with Crippen LogP contribution in [0.2, 0.25) is 0 Å². The van der Waals surface area contributed by atoms with Gasteiger partial charge in [0.05, 0.1) is 0 Å². The summed E-state index contributed by atoms with van der Waals surface area (Å²) in [7, 11) is 0. The van der Waals surface area contributed by atoms with Gasteiger partial charge in [0.15, 0.2) is 11.6 Å². The first kappa shape index (κ1) is 16.0. The summed E-state index contributed by atoms with van der Waals surface area (Å²) in [5.41, 5.74) is -0.0384. The van der Waals surface area contributed by atoms with Crippen molar-refractivity contribution >= 4 is 48.6 Å². The molecular formula is C17H9Br2FO3. The van der Waals surface area contributed by atoms with E-state index in [0.29, 0.717) is 9.86 Å². The largest absolute Gasteiger partial charge is 0.478 e. The van der Waals surface area contributed by atoms with Crippen LogP contribution in [0.15, 0.2) is 57.5 Å². The number of halogens is 3. The molecule has 0 aliphatic carbocycles. The number of carboxylic acids is 1. The highest BCUT2D eigenvalue weighted by molar-refractivity contribution is 9.10. The molecule has 6 heteroatoms. The third-order valence-electron chi connectivity index (χ3n) is 3.27. The van der Waals surface area contributed by atoms with Gasteiger partial charge in [-0.05, 0) is 41.8 Å². The van der Waals surface area contributed by atoms with E-state index >= 15 is 0 Å². The first-order chi connectivity index (χ1) is 11.0. The van der Waals surface area contributed by atoms with Crippen molar-refractivity contribution in [2.24, 2.45) is 0 Å². The molecule has 1 N–H and O–H groups in total. The van der Waals surface area contributed by atoms with Crippen LogP contribution in [0.4, 0.5) is 4.39 Å². The van der Waals surface area contributed by atoms with Crippen molar-refractivity contribution in [3.8, 4) is 11.5 Å². The fourth-order valence-corrected chi connectivity index (χ4v) is 2.92. The minimum Gasteiger partial charge on any atom is -0.478 e. The van der Waals surface area contributed by atoms with Crippen LogP contribution in [0.1, 0.15) is 10.4 Å². The molecule has 23 heavy (non-hydrogen) atoms. The number of rotatable bonds is 3. The zero-order valence-electron chi connectivity index (χ0n) is 11.5. The molecule has 0 saturated carbocycles. The summed E-state index contributed by atoms with van der Waals surface area (Å²) in [5, 5.41) is 10.3. The van der Waals surface area contributed by atoms with Gasteiger partial charge in [0.1, 0.15) is 11.3 Å². The fraction of sp³-hybridized carbons (Fsp3) is 0. The second kappa shape index (κ2) is 6.29. The number of carboxylic acid groups (broad SMARTS) is 1. The van der Waals surface area contributed by atoms with Gasteiger partial charge in [-0.1, -0.05) is 44.0 Å². The van der Waals surface area contributed by atoms with E-state index in [-0.39, 0.29) is 17.1 Å². The molecule has 3 aromatic carbocycles. The smallest absolute Gasteiger partial charge is 0.339 e. The minimum atomic E-state index is -1.14. The zero-order valence-corrected chi connectivity index (χ0v) is 14.7. The number of hydrogen-bond donors (Lipinski definition) is 1. The van der Waals surface area contributed by atoms with Gasteiger partial charge in [-0.15, -0.1) is 0 Å². The van der Waals surface area contributed by atoms with Crippen molar-refractivity contribution in [3.63, 3.8) is 0 Å². The van der Waals surface area contributed by atoms with E-state index in [9.17, 15) is 14.3 Å². The quantitative estimate of drug-likeness (QED) is 0.544. The average molecular weight is 440 g/mol. The van der Waals surface area contributed by atoms with Crippen molar-refractivity contribution in [3.05, 3.63) is 68.9 Å². The van der Waals surface area contributed by atoms with Crippen LogP contribution in [0.3, 0.4) is 0 Å². The third kappa shape index (κ3) is 3.23. The number of fused-ring (bicyclic) bond motifs is 1. The van der Waals surface area contributed by atoms with Crippen LogP contribution in [0.25, 0.3) is 10.8 Å². The van der Waals surface area contributed by atoms with Crippen LogP contribution in [-0.4, -0.2) is 11.1 Å². The van der Waals surface area contributed by atoms with Gasteiger partial charge in [0.2, 0.25) is 0 Å². The van der Waals surface area contributed by atoms with Crippen LogP contribution in [0.5, 0.6) is 11.5 Å². The number of carbonyl (C=O) groups is 1. The van der Waals surface area contributed by atoms with E-state index in [1.165, 1.54) is 18.2 Å². The Hall–Kier alpha value is -1.92. The molecule has 0 heterocycles. The lowest BCUT2D eigenvalue weighted by Gasteiger charge is -2.11. The van der Waals surface area contributed by atoms with Crippen molar-refractivity contribution in [1.82, 2.24) is 0 Å². The van der Waals surface area contributed by atoms with Crippen LogP contribution >= 0.6 is 31.9 Å². The van der Waals surface area contributed by atoms with E-state index in [4.69, 9.17) is 4.74 Å². The Morgan fingerprint density at radius 3 is 2.39 bits per heavy atom. The Kier molecular flexibility index (Phi) is 4.37. The third-order valence-corrected chi connectivity index (χ3v) is 4.26. The standard InChI is InChI=1S/C17H9Br2FO3/c18-10-2-4-12-9(7-10)1-6-14(16(12)20)23-15-8-11(19)3-5-13(15)17(21)22/h1-8H,(H,21,22). The fourth-order valence-electron chi connectivity index (χ4n) is 2.20. The van der Waals surface area contributed by atoms with E-state index in [2.05, 4.69) is 31.9 Å². The molecule has 3 nitrogen and oxygen atoms in total. The molecule has 0 spiro atoms. The molecule has 0 fully saturated rings. The normalized spacial score (nSPS) is 10.7. The van der Waals surface area contributed by atoms with Gasteiger partial charge in [-0.3, -0.25) is 0 Å². The van der Waals surface area contributed by atoms with Gasteiger partial charge < -0.3 is 9.84 Å². The Morgan fingerprint density at radius 2 is 1.65 bits per heavy atom. The maximum Gasteiger partial charge on any atom is 0.339 e. The molecule has 0 unspecified atom stereocenters. The maximum absolute atomic E-state index is 14.6. The monoisotopic (exact) mass is 438 g/mol. The van der Waals surface area contributed by atoms with Crippen molar-refractivity contribution < 1.29 is 19.0 Å². The van der Waals surface area contributed by atoms with Gasteiger partial charge in [-0.2, -0.15) is 0 Å². The highest BCUT2D eigenvalue weighted by atomic mass is 79.9. The van der Waals surface area contributed by atoms with Crippen molar-refractivity contribution in [1.29, 1.82) is 0 Å². The SMILES string of the molecule is O=C(O)c1ccc(Br)cc1Oc1ccc2cc(Br)ccc2c1F. The summed E-state index contributed by atoms with van der Waals surface area (Å²) in [6, 6.07) is 12.9. The van der Waals surface area contributed by atoms with Gasteiger partial charge in [0.25, 0.3) is 0 Å². The lowest BCUT2D eigenvalue weighted by molar-refractivity contribution is 0.0694. The summed E-state index contributed by atoms with van der Waals surface area (Å²) in [6.45, 7) is 0. The van der Waals surface area contributed by atoms with E-state index in [1.54, 1.807) is 30.3 Å². The second-order valence-corrected chi connectivity index (χ2v) is 6.62. The Labute approximate surface area is 148 Å². The van der Waals surface area contributed by atoms with E-state index < -0.39 is 11.8 Å². The average Bonchev–Trinajstić information content (AvgIpc) is 2.50. The molecule has 0 bridgehead atoms. The highest BCUT2D eigenvalue weighted by Crippen LogP contribution is 2.34. The first-order valence-corrected chi connectivity index (χ1v) is 8.13. The van der Waals surface area contributed by atoms with E-state index in [0.717, 1.165) is 9.86 Å². The minimum absolute atomic E-state index is 0.0274. The molecule has 0 aromatic heterocycles. The molecule has 116 valence electrons. The van der Waals surface area contributed by atoms with Gasteiger partial charge >= 0.3 is 5.97 Å². The molecule has 3 aromatic rings. The number of aromatic carboxylic acids is 1. The summed E-state index contributed by atoms with van der Waals surface area (Å²) in [5.74, 6) is -1.63. The summed E-state index contributed by atoms with van der Waals surface area (Å²) >= 11 is 6.59. The predicted octanol–water partition coefficient (Wildman–Crippen LogP) is 5.99. The second-order valence-electron chi connectivity index (χ2n) is 4.79. The van der Waals surface area contributed by atoms with Gasteiger partial charge in [-0.25, -0.2) is 9.18 Å². The molecular weight excluding hydrogens is 431 g/mol. The Morgan fingerprint density at radius 1 is 0.957 bits per heavy atom.